The van der Waals surface area contributed by atoms with Gasteiger partial charge in [0.15, 0.2) is 0 Å². The van der Waals surface area contributed by atoms with Crippen LogP contribution in [0.3, 0.4) is 0 Å². The van der Waals surface area contributed by atoms with Gasteiger partial charge in [0.2, 0.25) is 0 Å². The van der Waals surface area contributed by atoms with Crippen molar-refractivity contribution in [3.63, 3.8) is 0 Å². The minimum atomic E-state index is -0.391. The summed E-state index contributed by atoms with van der Waals surface area (Å²) in [5, 5.41) is 8.52. The number of carbonyl (C=O) groups excluding carboxylic acids is 2. The maximum atomic E-state index is 11.8. The van der Waals surface area contributed by atoms with Gasteiger partial charge in [-0.2, -0.15) is 0 Å². The summed E-state index contributed by atoms with van der Waals surface area (Å²) in [4.78, 5) is 28.6. The van der Waals surface area contributed by atoms with Crippen molar-refractivity contribution in [2.75, 3.05) is 26.4 Å². The quantitative estimate of drug-likeness (QED) is 0.560. The van der Waals surface area contributed by atoms with Crippen LogP contribution >= 0.6 is 0 Å². The Morgan fingerprint density at radius 2 is 2.12 bits per heavy atom. The molecule has 2 heterocycles. The van der Waals surface area contributed by atoms with Crippen LogP contribution in [0.2, 0.25) is 0 Å². The van der Waals surface area contributed by atoms with E-state index in [1.54, 1.807) is 12.1 Å². The molecule has 1 aromatic rings. The molecular weight excluding hydrogens is 224 g/mol. The Morgan fingerprint density at radius 1 is 1.29 bits per heavy atom. The second-order valence-corrected chi connectivity index (χ2v) is 3.50. The Labute approximate surface area is 97.8 Å². The lowest BCUT2D eigenvalue weighted by Crippen LogP contribution is -2.33. The number of ether oxygens (including phenoxy) is 1. The number of aliphatic hydroxyl groups is 1. The van der Waals surface area contributed by atoms with Crippen LogP contribution in [0.1, 0.15) is 20.8 Å². The fraction of sp³-hybridized carbons (Fsp3) is 0.364. The molecule has 1 aromatic heterocycles. The first-order valence-corrected chi connectivity index (χ1v) is 5.25. The van der Waals surface area contributed by atoms with Crippen molar-refractivity contribution in [1.82, 2.24) is 9.88 Å². The number of amides is 2. The molecule has 2 amide bonds. The first-order valence-electron chi connectivity index (χ1n) is 5.25. The molecule has 0 bridgehead atoms. The minimum absolute atomic E-state index is 0.0797. The Kier molecular flexibility index (Phi) is 3.46. The molecule has 6 nitrogen and oxygen atoms in total. The molecular formula is C11H12N2O4. The third-order valence-corrected chi connectivity index (χ3v) is 2.43. The Bertz CT molecular complexity index is 412. The van der Waals surface area contributed by atoms with Crippen molar-refractivity contribution < 1.29 is 19.4 Å². The number of hydrogen-bond acceptors (Lipinski definition) is 5. The lowest BCUT2D eigenvalue weighted by atomic mass is 10.2. The molecule has 1 aliphatic heterocycles. The zero-order valence-electron chi connectivity index (χ0n) is 9.13. The van der Waals surface area contributed by atoms with E-state index in [1.165, 1.54) is 6.20 Å². The molecule has 1 aliphatic rings. The van der Waals surface area contributed by atoms with E-state index < -0.39 is 5.91 Å². The van der Waals surface area contributed by atoms with Gasteiger partial charge in [-0.3, -0.25) is 19.5 Å². The minimum Gasteiger partial charge on any atom is -0.394 e. The highest BCUT2D eigenvalue weighted by Gasteiger charge is 2.36. The lowest BCUT2D eigenvalue weighted by Gasteiger charge is -2.12. The number of rotatable bonds is 5. The smallest absolute Gasteiger partial charge is 0.280 e. The first kappa shape index (κ1) is 11.7. The molecule has 0 radical (unpaired) electrons. The summed E-state index contributed by atoms with van der Waals surface area (Å²) >= 11 is 0. The molecule has 90 valence electrons. The van der Waals surface area contributed by atoms with Crippen molar-refractivity contribution in [2.24, 2.45) is 0 Å². The molecule has 0 atom stereocenters. The van der Waals surface area contributed by atoms with Gasteiger partial charge in [-0.1, -0.05) is 0 Å². The van der Waals surface area contributed by atoms with E-state index in [1.807, 2.05) is 0 Å². The molecule has 0 saturated heterocycles. The molecule has 0 saturated carbocycles. The van der Waals surface area contributed by atoms with E-state index in [-0.39, 0.29) is 38.0 Å². The van der Waals surface area contributed by atoms with Crippen LogP contribution in [-0.4, -0.2) is 53.2 Å². The monoisotopic (exact) mass is 236 g/mol. The molecule has 2 rings (SSSR count). The fourth-order valence-corrected chi connectivity index (χ4v) is 1.64. The van der Waals surface area contributed by atoms with E-state index >= 15 is 0 Å². The van der Waals surface area contributed by atoms with Crippen LogP contribution in [0.15, 0.2) is 18.3 Å². The van der Waals surface area contributed by atoms with Crippen molar-refractivity contribution in [3.8, 4) is 0 Å². The number of carbonyl (C=O) groups is 2. The number of aromatic nitrogens is 1. The van der Waals surface area contributed by atoms with Crippen LogP contribution in [0.25, 0.3) is 0 Å². The Morgan fingerprint density at radius 3 is 2.82 bits per heavy atom. The second-order valence-electron chi connectivity index (χ2n) is 3.50. The van der Waals surface area contributed by atoms with E-state index in [0.29, 0.717) is 5.56 Å². The van der Waals surface area contributed by atoms with Crippen LogP contribution in [0.4, 0.5) is 0 Å². The van der Waals surface area contributed by atoms with Crippen molar-refractivity contribution in [3.05, 3.63) is 29.6 Å². The molecule has 0 unspecified atom stereocenters. The summed E-state index contributed by atoms with van der Waals surface area (Å²) in [6.45, 7) is 0.505. The number of aliphatic hydroxyl groups excluding tert-OH is 1. The normalized spacial score (nSPS) is 14.3. The van der Waals surface area contributed by atoms with Gasteiger partial charge >= 0.3 is 0 Å². The topological polar surface area (TPSA) is 79.7 Å². The predicted molar refractivity (Wildman–Crippen MR) is 57.5 cm³/mol. The van der Waals surface area contributed by atoms with Crippen LogP contribution < -0.4 is 0 Å². The van der Waals surface area contributed by atoms with E-state index in [0.717, 1.165) is 4.90 Å². The molecule has 0 spiro atoms. The van der Waals surface area contributed by atoms with E-state index in [4.69, 9.17) is 9.84 Å². The Hall–Kier alpha value is -1.79. The highest BCUT2D eigenvalue weighted by atomic mass is 16.5. The number of fused-ring (bicyclic) bond motifs is 1. The van der Waals surface area contributed by atoms with Crippen LogP contribution in [0.5, 0.6) is 0 Å². The number of hydrogen-bond donors (Lipinski definition) is 1. The lowest BCUT2D eigenvalue weighted by molar-refractivity contribution is 0.0513. The van der Waals surface area contributed by atoms with Gasteiger partial charge in [0.25, 0.3) is 11.8 Å². The van der Waals surface area contributed by atoms with Gasteiger partial charge in [-0.15, -0.1) is 0 Å². The van der Waals surface area contributed by atoms with Gasteiger partial charge in [0.05, 0.1) is 31.9 Å². The second kappa shape index (κ2) is 5.03. The molecule has 17 heavy (non-hydrogen) atoms. The summed E-state index contributed by atoms with van der Waals surface area (Å²) < 4.78 is 5.02. The number of pyridine rings is 1. The molecule has 6 heteroatoms. The largest absolute Gasteiger partial charge is 0.394 e. The molecule has 0 aromatic carbocycles. The van der Waals surface area contributed by atoms with Gasteiger partial charge in [-0.25, -0.2) is 0 Å². The Balaban J connectivity index is 2.03. The zero-order chi connectivity index (χ0) is 12.3. The summed E-state index contributed by atoms with van der Waals surface area (Å²) in [5.41, 5.74) is 0.527. The van der Waals surface area contributed by atoms with Gasteiger partial charge in [-0.05, 0) is 12.1 Å². The van der Waals surface area contributed by atoms with Crippen molar-refractivity contribution in [2.45, 2.75) is 0 Å². The van der Waals surface area contributed by atoms with Gasteiger partial charge in [0.1, 0.15) is 5.69 Å². The van der Waals surface area contributed by atoms with Crippen LogP contribution in [-0.2, 0) is 4.74 Å². The van der Waals surface area contributed by atoms with Gasteiger partial charge in [0, 0.05) is 6.20 Å². The van der Waals surface area contributed by atoms with E-state index in [2.05, 4.69) is 4.98 Å². The zero-order valence-corrected chi connectivity index (χ0v) is 9.13. The number of nitrogens with zero attached hydrogens (tertiary/aromatic N) is 2. The fourth-order valence-electron chi connectivity index (χ4n) is 1.64. The standard InChI is InChI=1S/C11H12N2O4/c14-5-7-17-6-4-13-10(15)8-2-1-3-12-9(8)11(13)16/h1-3,14H,4-7H2. The summed E-state index contributed by atoms with van der Waals surface area (Å²) in [5.74, 6) is -0.733. The first-order chi connectivity index (χ1) is 8.25. The van der Waals surface area contributed by atoms with Crippen molar-refractivity contribution >= 4 is 11.8 Å². The maximum absolute atomic E-state index is 11.8. The third kappa shape index (κ3) is 2.17. The maximum Gasteiger partial charge on any atom is 0.280 e. The van der Waals surface area contributed by atoms with Crippen LogP contribution in [0, 0.1) is 0 Å². The van der Waals surface area contributed by atoms with Gasteiger partial charge < -0.3 is 9.84 Å². The van der Waals surface area contributed by atoms with Crippen molar-refractivity contribution in [1.29, 1.82) is 0 Å². The number of imide groups is 1. The molecule has 0 fully saturated rings. The molecule has 0 aliphatic carbocycles. The predicted octanol–water partition coefficient (Wildman–Crippen LogP) is -0.314. The highest BCUT2D eigenvalue weighted by molar-refractivity contribution is 6.20. The average Bonchev–Trinajstić information content (AvgIpc) is 2.60. The summed E-state index contributed by atoms with van der Waals surface area (Å²) in [7, 11) is 0. The summed E-state index contributed by atoms with van der Waals surface area (Å²) in [6.07, 6.45) is 1.48. The average molecular weight is 236 g/mol. The van der Waals surface area contributed by atoms with E-state index in [9.17, 15) is 9.59 Å². The third-order valence-electron chi connectivity index (χ3n) is 2.43. The molecule has 1 N–H and O–H groups in total. The highest BCUT2D eigenvalue weighted by Crippen LogP contribution is 2.19. The summed E-state index contributed by atoms with van der Waals surface area (Å²) in [6, 6.07) is 3.20. The SMILES string of the molecule is O=C1c2cccnc2C(=O)N1CCOCCO.